The van der Waals surface area contributed by atoms with E-state index in [1.54, 1.807) is 12.3 Å². The van der Waals surface area contributed by atoms with Gasteiger partial charge < -0.3 is 14.6 Å². The summed E-state index contributed by atoms with van der Waals surface area (Å²) in [4.78, 5) is 21.6. The highest BCUT2D eigenvalue weighted by molar-refractivity contribution is 6.61. The van der Waals surface area contributed by atoms with Crippen molar-refractivity contribution in [1.29, 1.82) is 0 Å². The van der Waals surface area contributed by atoms with Crippen LogP contribution in [-0.4, -0.2) is 58.9 Å². The molecule has 0 aliphatic heterocycles. The number of anilines is 1. The van der Waals surface area contributed by atoms with Crippen molar-refractivity contribution >= 4 is 75.7 Å². The maximum Gasteiger partial charge on any atom is 0.255 e. The number of amides is 1. The van der Waals surface area contributed by atoms with Crippen LogP contribution in [-0.2, 0) is 7.05 Å². The molecule has 0 fully saturated rings. The first-order chi connectivity index (χ1) is 15.2. The van der Waals surface area contributed by atoms with Gasteiger partial charge >= 0.3 is 0 Å². The largest absolute Gasteiger partial charge is 0.498 e. The summed E-state index contributed by atoms with van der Waals surface area (Å²) in [6.45, 7) is 1.94. The summed E-state index contributed by atoms with van der Waals surface area (Å²) in [5, 5.41) is 4.53. The third kappa shape index (κ3) is 3.60. The van der Waals surface area contributed by atoms with Gasteiger partial charge in [-0.1, -0.05) is 34.0 Å². The van der Waals surface area contributed by atoms with E-state index in [9.17, 15) is 4.79 Å². The monoisotopic (exact) mass is 412 g/mol. The number of pyridine rings is 1. The molecule has 1 amide bonds. The third-order valence-corrected chi connectivity index (χ3v) is 5.52. The van der Waals surface area contributed by atoms with Crippen molar-refractivity contribution in [2.45, 2.75) is 6.92 Å². The van der Waals surface area contributed by atoms with E-state index in [1.165, 1.54) is 7.11 Å². The fourth-order valence-electron chi connectivity index (χ4n) is 3.59. The molecule has 8 radical (unpaired) electrons. The van der Waals surface area contributed by atoms with Gasteiger partial charge in [-0.2, -0.15) is 0 Å². The number of carbonyl (C=O) groups excluding carboxylic acids is 1. The predicted octanol–water partition coefficient (Wildman–Crippen LogP) is -0.620. The van der Waals surface area contributed by atoms with Crippen LogP contribution in [0.2, 0.25) is 0 Å². The molecule has 0 spiro atoms. The SMILES string of the molecule is [B]c1c([B])c(C(=O)Nc2cc3cc(-c4cnc(C)n4C)ccc3cn2)c([B])c([B])c1OC. The maximum atomic E-state index is 13.0. The standard InChI is InChI=1S/C22H16B4N4O2/c1-10-27-9-14(30(10)2)11-4-5-12-8-28-15(7-13(12)6-11)29-22(31)16-17(23)19(25)21(32-3)20(26)18(16)24/h4-9H,1-3H3,(H,28,29,31). The molecule has 0 saturated carbocycles. The molecule has 0 aliphatic carbocycles. The van der Waals surface area contributed by atoms with Gasteiger partial charge in [-0.25, -0.2) is 9.97 Å². The Hall–Kier alpha value is -3.41. The molecule has 0 aliphatic rings. The molecule has 0 unspecified atom stereocenters. The minimum absolute atomic E-state index is 0.0132. The molecule has 4 aromatic rings. The van der Waals surface area contributed by atoms with Crippen molar-refractivity contribution in [3.05, 3.63) is 48.0 Å². The minimum atomic E-state index is -0.577. The van der Waals surface area contributed by atoms with Crippen LogP contribution in [0.5, 0.6) is 5.75 Å². The normalized spacial score (nSPS) is 11.0. The van der Waals surface area contributed by atoms with E-state index in [0.717, 1.165) is 27.9 Å². The third-order valence-electron chi connectivity index (χ3n) is 5.52. The number of benzene rings is 2. The summed E-state index contributed by atoms with van der Waals surface area (Å²) >= 11 is 0. The van der Waals surface area contributed by atoms with E-state index >= 15 is 0 Å². The average Bonchev–Trinajstić information content (AvgIpc) is 3.11. The number of ether oxygens (including phenoxy) is 1. The van der Waals surface area contributed by atoms with Crippen LogP contribution in [0, 0.1) is 6.92 Å². The molecule has 32 heavy (non-hydrogen) atoms. The number of aryl methyl sites for hydroxylation is 1. The smallest absolute Gasteiger partial charge is 0.255 e. The van der Waals surface area contributed by atoms with Crippen LogP contribution in [0.15, 0.2) is 36.7 Å². The Morgan fingerprint density at radius 3 is 2.25 bits per heavy atom. The molecule has 10 heteroatoms. The highest BCUT2D eigenvalue weighted by Gasteiger charge is 2.19. The number of hydrogen-bond donors (Lipinski definition) is 1. The van der Waals surface area contributed by atoms with Gasteiger partial charge in [0.05, 0.1) is 19.0 Å². The summed E-state index contributed by atoms with van der Waals surface area (Å²) in [5.41, 5.74) is 2.02. The summed E-state index contributed by atoms with van der Waals surface area (Å²) in [7, 11) is 27.4. The number of hydrogen-bond acceptors (Lipinski definition) is 4. The Balaban J connectivity index is 1.71. The van der Waals surface area contributed by atoms with Gasteiger partial charge in [0.2, 0.25) is 0 Å². The summed E-state index contributed by atoms with van der Waals surface area (Å²) in [6, 6.07) is 7.74. The molecule has 148 valence electrons. The van der Waals surface area contributed by atoms with Crippen molar-refractivity contribution in [2.24, 2.45) is 7.05 Å². The summed E-state index contributed by atoms with van der Waals surface area (Å²) < 4.78 is 7.14. The van der Waals surface area contributed by atoms with E-state index in [4.69, 9.17) is 36.1 Å². The highest BCUT2D eigenvalue weighted by atomic mass is 16.5. The number of nitrogens with one attached hydrogen (secondary N) is 1. The van der Waals surface area contributed by atoms with Crippen LogP contribution in [0.1, 0.15) is 16.2 Å². The second-order valence-corrected chi connectivity index (χ2v) is 7.40. The molecule has 2 aromatic carbocycles. The number of methoxy groups -OCH3 is 1. The number of fused-ring (bicyclic) bond motifs is 1. The van der Waals surface area contributed by atoms with Gasteiger partial charge in [-0.15, -0.1) is 0 Å². The van der Waals surface area contributed by atoms with Crippen molar-refractivity contribution in [3.63, 3.8) is 0 Å². The molecular formula is C22H16B4N4O2. The fourth-order valence-corrected chi connectivity index (χ4v) is 3.59. The van der Waals surface area contributed by atoms with E-state index in [2.05, 4.69) is 15.3 Å². The van der Waals surface area contributed by atoms with Gasteiger partial charge in [0.15, 0.2) is 0 Å². The lowest BCUT2D eigenvalue weighted by molar-refractivity contribution is 0.102. The Morgan fingerprint density at radius 2 is 1.66 bits per heavy atom. The Labute approximate surface area is 191 Å². The van der Waals surface area contributed by atoms with E-state index < -0.39 is 5.91 Å². The van der Waals surface area contributed by atoms with Gasteiger partial charge in [0.1, 0.15) is 48.8 Å². The second-order valence-electron chi connectivity index (χ2n) is 7.40. The van der Waals surface area contributed by atoms with Crippen molar-refractivity contribution in [1.82, 2.24) is 14.5 Å². The first kappa shape index (κ1) is 21.8. The van der Waals surface area contributed by atoms with Crippen molar-refractivity contribution < 1.29 is 9.53 Å². The van der Waals surface area contributed by atoms with Crippen LogP contribution in [0.25, 0.3) is 22.0 Å². The van der Waals surface area contributed by atoms with Crippen LogP contribution < -0.4 is 31.9 Å². The summed E-state index contributed by atoms with van der Waals surface area (Å²) in [6.07, 6.45) is 3.50. The van der Waals surface area contributed by atoms with Crippen LogP contribution in [0.3, 0.4) is 0 Å². The first-order valence-electron chi connectivity index (χ1n) is 9.72. The molecule has 1 N–H and O–H groups in total. The number of aromatic nitrogens is 3. The Morgan fingerprint density at radius 1 is 0.969 bits per heavy atom. The van der Waals surface area contributed by atoms with Gasteiger partial charge in [-0.05, 0) is 24.4 Å². The zero-order valence-electron chi connectivity index (χ0n) is 17.9. The molecule has 0 bridgehead atoms. The minimum Gasteiger partial charge on any atom is -0.498 e. The van der Waals surface area contributed by atoms with Gasteiger partial charge in [0.25, 0.3) is 5.91 Å². The zero-order valence-corrected chi connectivity index (χ0v) is 17.9. The lowest BCUT2D eigenvalue weighted by atomic mass is 9.66. The Bertz CT molecular complexity index is 1360. The number of carbonyl (C=O) groups is 1. The second kappa shape index (κ2) is 8.26. The maximum absolute atomic E-state index is 13.0. The zero-order chi connectivity index (χ0) is 23.2. The van der Waals surface area contributed by atoms with E-state index in [0.29, 0.717) is 5.82 Å². The predicted molar refractivity (Wildman–Crippen MR) is 131 cm³/mol. The molecule has 6 nitrogen and oxygen atoms in total. The Kier molecular flexibility index (Phi) is 5.63. The number of imidazole rings is 1. The fraction of sp³-hybridized carbons (Fsp3) is 0.136. The quantitative estimate of drug-likeness (QED) is 0.455. The van der Waals surface area contributed by atoms with E-state index in [1.807, 2.05) is 42.9 Å². The van der Waals surface area contributed by atoms with Gasteiger partial charge in [0, 0.05) is 29.8 Å². The van der Waals surface area contributed by atoms with Gasteiger partial charge in [-0.3, -0.25) is 4.79 Å². The molecule has 0 saturated heterocycles. The van der Waals surface area contributed by atoms with Crippen LogP contribution >= 0.6 is 0 Å². The number of rotatable bonds is 4. The molecular weight excluding hydrogens is 396 g/mol. The molecule has 4 rings (SSSR count). The van der Waals surface area contributed by atoms with Crippen molar-refractivity contribution in [2.75, 3.05) is 12.4 Å². The molecule has 2 aromatic heterocycles. The molecule has 2 heterocycles. The molecule has 0 atom stereocenters. The van der Waals surface area contributed by atoms with Crippen molar-refractivity contribution in [3.8, 4) is 17.0 Å². The lowest BCUT2D eigenvalue weighted by Crippen LogP contribution is -2.47. The highest BCUT2D eigenvalue weighted by Crippen LogP contribution is 2.25. The topological polar surface area (TPSA) is 69.0 Å². The first-order valence-corrected chi connectivity index (χ1v) is 9.72. The average molecular weight is 412 g/mol. The number of nitrogens with zero attached hydrogens (tertiary/aromatic N) is 3. The lowest BCUT2D eigenvalue weighted by Gasteiger charge is -2.20. The van der Waals surface area contributed by atoms with Crippen LogP contribution in [0.4, 0.5) is 5.82 Å². The summed E-state index contributed by atoms with van der Waals surface area (Å²) in [5.74, 6) is 0.799. The van der Waals surface area contributed by atoms with E-state index in [-0.39, 0.29) is 33.2 Å².